The normalized spacial score (nSPS) is 21.9. The molecule has 0 bridgehead atoms. The van der Waals surface area contributed by atoms with Crippen LogP contribution in [-0.4, -0.2) is 61.9 Å². The van der Waals surface area contributed by atoms with Crippen LogP contribution in [0.4, 0.5) is 17.1 Å². The van der Waals surface area contributed by atoms with Crippen molar-refractivity contribution in [3.63, 3.8) is 0 Å². The number of amides is 1. The number of hydrogen-bond acceptors (Lipinski definition) is 6. The standard InChI is InChI=1S/C29H34N4O2S/c1-19-15-25-24(20(2)18-29(3,4)32(25)6)16-21(19)17-26-27(34)31(5)28(36-26)30-22-7-9-23(10-8-22)33-11-13-35-14-12-33/h7-10,15-18H,11-14H2,1-6H3/b26-17+,30-28?. The maximum atomic E-state index is 13.1. The van der Waals surface area contributed by atoms with Crippen LogP contribution in [0.5, 0.6) is 0 Å². The number of likely N-dealkylation sites (N-methyl/N-ethyl adjacent to an activating group) is 2. The van der Waals surface area contributed by atoms with Crippen molar-refractivity contribution in [3.05, 3.63) is 64.1 Å². The summed E-state index contributed by atoms with van der Waals surface area (Å²) in [6.45, 7) is 12.1. The minimum atomic E-state index is -0.0325. The van der Waals surface area contributed by atoms with Crippen LogP contribution in [0.25, 0.3) is 11.6 Å². The Morgan fingerprint density at radius 1 is 1.06 bits per heavy atom. The Morgan fingerprint density at radius 3 is 2.44 bits per heavy atom. The number of allylic oxidation sites excluding steroid dienone is 1. The average Bonchev–Trinajstić information content (AvgIpc) is 3.12. The number of hydrogen-bond donors (Lipinski definition) is 0. The smallest absolute Gasteiger partial charge is 0.266 e. The fraction of sp³-hybridized carbons (Fsp3) is 0.379. The Hall–Kier alpha value is -3.03. The third-order valence-corrected chi connectivity index (χ3v) is 8.41. The maximum Gasteiger partial charge on any atom is 0.266 e. The monoisotopic (exact) mass is 502 g/mol. The van der Waals surface area contributed by atoms with E-state index in [4.69, 9.17) is 9.73 Å². The van der Waals surface area contributed by atoms with E-state index in [1.54, 1.807) is 11.9 Å². The van der Waals surface area contributed by atoms with E-state index < -0.39 is 0 Å². The molecule has 0 spiro atoms. The van der Waals surface area contributed by atoms with E-state index in [0.717, 1.165) is 43.1 Å². The van der Waals surface area contributed by atoms with Gasteiger partial charge in [-0.3, -0.25) is 9.69 Å². The van der Waals surface area contributed by atoms with Gasteiger partial charge in [0, 0.05) is 44.1 Å². The third-order valence-electron chi connectivity index (χ3n) is 7.35. The molecule has 2 aromatic carbocycles. The summed E-state index contributed by atoms with van der Waals surface area (Å²) in [5.41, 5.74) is 7.90. The summed E-state index contributed by atoms with van der Waals surface area (Å²) in [5.74, 6) is -0.0219. The van der Waals surface area contributed by atoms with Crippen LogP contribution in [0.15, 0.2) is 52.4 Å². The van der Waals surface area contributed by atoms with E-state index in [1.165, 1.54) is 34.3 Å². The number of benzene rings is 2. The maximum absolute atomic E-state index is 13.1. The zero-order chi connectivity index (χ0) is 25.6. The van der Waals surface area contributed by atoms with Crippen molar-refractivity contribution in [2.24, 2.45) is 4.99 Å². The molecule has 0 saturated carbocycles. The molecule has 2 aromatic rings. The minimum Gasteiger partial charge on any atom is -0.378 e. The van der Waals surface area contributed by atoms with Gasteiger partial charge in [0.1, 0.15) is 0 Å². The molecule has 0 radical (unpaired) electrons. The molecule has 5 rings (SSSR count). The van der Waals surface area contributed by atoms with Crippen molar-refractivity contribution in [2.75, 3.05) is 50.2 Å². The number of anilines is 2. The van der Waals surface area contributed by atoms with Gasteiger partial charge >= 0.3 is 0 Å². The zero-order valence-corrected chi connectivity index (χ0v) is 22.8. The van der Waals surface area contributed by atoms with Crippen molar-refractivity contribution in [1.29, 1.82) is 0 Å². The highest BCUT2D eigenvalue weighted by atomic mass is 32.2. The van der Waals surface area contributed by atoms with Gasteiger partial charge in [-0.25, -0.2) is 4.99 Å². The summed E-state index contributed by atoms with van der Waals surface area (Å²) in [5, 5.41) is 0.693. The quantitative estimate of drug-likeness (QED) is 0.504. The molecule has 36 heavy (non-hydrogen) atoms. The molecule has 2 saturated heterocycles. The number of nitrogens with zero attached hydrogens (tertiary/aromatic N) is 4. The summed E-state index contributed by atoms with van der Waals surface area (Å²) in [7, 11) is 3.93. The summed E-state index contributed by atoms with van der Waals surface area (Å²) in [4.78, 5) is 24.8. The summed E-state index contributed by atoms with van der Waals surface area (Å²) < 4.78 is 5.45. The predicted octanol–water partition coefficient (Wildman–Crippen LogP) is 5.70. The van der Waals surface area contributed by atoms with E-state index >= 15 is 0 Å². The summed E-state index contributed by atoms with van der Waals surface area (Å²) >= 11 is 1.43. The molecule has 3 heterocycles. The predicted molar refractivity (Wildman–Crippen MR) is 152 cm³/mol. The fourth-order valence-electron chi connectivity index (χ4n) is 4.94. The average molecular weight is 503 g/mol. The van der Waals surface area contributed by atoms with Crippen LogP contribution in [0.1, 0.15) is 37.5 Å². The van der Waals surface area contributed by atoms with Crippen LogP contribution in [0.2, 0.25) is 0 Å². The third kappa shape index (κ3) is 4.58. The summed E-state index contributed by atoms with van der Waals surface area (Å²) in [6.07, 6.45) is 4.32. The van der Waals surface area contributed by atoms with E-state index in [9.17, 15) is 4.79 Å². The van der Waals surface area contributed by atoms with Crippen LogP contribution in [-0.2, 0) is 9.53 Å². The lowest BCUT2D eigenvalue weighted by Crippen LogP contribution is -2.42. The van der Waals surface area contributed by atoms with Crippen LogP contribution in [0, 0.1) is 6.92 Å². The largest absolute Gasteiger partial charge is 0.378 e. The van der Waals surface area contributed by atoms with E-state index in [-0.39, 0.29) is 11.4 Å². The number of ether oxygens (including phenoxy) is 1. The molecule has 1 amide bonds. The van der Waals surface area contributed by atoms with E-state index in [1.807, 2.05) is 18.2 Å². The van der Waals surface area contributed by atoms with Gasteiger partial charge in [0.2, 0.25) is 0 Å². The molecule has 0 atom stereocenters. The van der Waals surface area contributed by atoms with E-state index in [0.29, 0.717) is 10.1 Å². The van der Waals surface area contributed by atoms with Crippen molar-refractivity contribution in [3.8, 4) is 0 Å². The van der Waals surface area contributed by atoms with Gasteiger partial charge < -0.3 is 14.5 Å². The molecule has 0 aromatic heterocycles. The lowest BCUT2D eigenvalue weighted by molar-refractivity contribution is -0.121. The van der Waals surface area contributed by atoms with Gasteiger partial charge in [-0.05, 0) is 98.6 Å². The molecule has 0 N–H and O–H groups in total. The molecule has 6 nitrogen and oxygen atoms in total. The number of rotatable bonds is 3. The highest BCUT2D eigenvalue weighted by Crippen LogP contribution is 2.41. The second-order valence-electron chi connectivity index (χ2n) is 10.3. The molecule has 7 heteroatoms. The number of carbonyl (C=O) groups excluding carboxylic acids is 1. The second-order valence-corrected chi connectivity index (χ2v) is 11.3. The Labute approximate surface area is 218 Å². The van der Waals surface area contributed by atoms with Crippen LogP contribution >= 0.6 is 11.8 Å². The first-order chi connectivity index (χ1) is 17.1. The van der Waals surface area contributed by atoms with Gasteiger partial charge in [0.05, 0.1) is 29.3 Å². The lowest BCUT2D eigenvalue weighted by Gasteiger charge is -2.41. The Kier molecular flexibility index (Phi) is 6.47. The van der Waals surface area contributed by atoms with Crippen LogP contribution < -0.4 is 9.80 Å². The molecule has 0 aliphatic carbocycles. The lowest BCUT2D eigenvalue weighted by atomic mass is 9.87. The van der Waals surface area contributed by atoms with Crippen LogP contribution in [0.3, 0.4) is 0 Å². The molecule has 3 aliphatic heterocycles. The number of morpholine rings is 1. The molecular weight excluding hydrogens is 468 g/mol. The highest BCUT2D eigenvalue weighted by Gasteiger charge is 2.32. The Bertz CT molecular complexity index is 1290. The van der Waals surface area contributed by atoms with Gasteiger partial charge in [0.25, 0.3) is 5.91 Å². The van der Waals surface area contributed by atoms with Crippen molar-refractivity contribution < 1.29 is 9.53 Å². The van der Waals surface area contributed by atoms with Crippen molar-refractivity contribution >= 4 is 51.5 Å². The molecule has 0 unspecified atom stereocenters. The number of amidine groups is 1. The Morgan fingerprint density at radius 2 is 1.75 bits per heavy atom. The number of thioether (sulfide) groups is 1. The fourth-order valence-corrected chi connectivity index (χ4v) is 5.91. The molecular formula is C29H34N4O2S. The Balaban J connectivity index is 1.40. The highest BCUT2D eigenvalue weighted by molar-refractivity contribution is 8.18. The first-order valence-corrected chi connectivity index (χ1v) is 13.2. The minimum absolute atomic E-state index is 0.0219. The van der Waals surface area contributed by atoms with Gasteiger partial charge in [-0.1, -0.05) is 6.08 Å². The number of aryl methyl sites for hydroxylation is 1. The molecule has 3 aliphatic rings. The second kappa shape index (κ2) is 9.45. The van der Waals surface area contributed by atoms with E-state index in [2.05, 4.69) is 74.9 Å². The zero-order valence-electron chi connectivity index (χ0n) is 22.0. The van der Waals surface area contributed by atoms with Gasteiger partial charge in [-0.2, -0.15) is 0 Å². The first kappa shape index (κ1) is 24.7. The number of aliphatic imine (C=N–C) groups is 1. The van der Waals surface area contributed by atoms with Crippen molar-refractivity contribution in [2.45, 2.75) is 33.2 Å². The molecule has 188 valence electrons. The van der Waals surface area contributed by atoms with Gasteiger partial charge in [0.15, 0.2) is 5.17 Å². The molecule has 2 fully saturated rings. The number of carbonyl (C=O) groups is 1. The topological polar surface area (TPSA) is 48.4 Å². The van der Waals surface area contributed by atoms with Crippen molar-refractivity contribution in [1.82, 2.24) is 4.90 Å². The SMILES string of the molecule is CC1=CC(C)(C)N(C)c2cc(C)c(/C=C3/SC(=Nc4ccc(N5CCOCC5)cc4)N(C)C3=O)cc21. The van der Waals surface area contributed by atoms with Gasteiger partial charge in [-0.15, -0.1) is 0 Å². The number of fused-ring (bicyclic) bond motifs is 1. The summed E-state index contributed by atoms with van der Waals surface area (Å²) in [6, 6.07) is 12.7. The first-order valence-electron chi connectivity index (χ1n) is 12.4.